The van der Waals surface area contributed by atoms with E-state index in [1.807, 2.05) is 0 Å². The van der Waals surface area contributed by atoms with Crippen molar-refractivity contribution in [3.8, 4) is 0 Å². The largest absolute Gasteiger partial charge is 0.478 e. The lowest BCUT2D eigenvalue weighted by molar-refractivity contribution is -0.130. The first-order chi connectivity index (χ1) is 10.0. The van der Waals surface area contributed by atoms with E-state index < -0.39 is 5.97 Å². The van der Waals surface area contributed by atoms with Gasteiger partial charge in [-0.15, -0.1) is 6.58 Å². The van der Waals surface area contributed by atoms with Crippen molar-refractivity contribution < 1.29 is 19.4 Å². The highest BCUT2D eigenvalue weighted by molar-refractivity contribution is 5.87. The van der Waals surface area contributed by atoms with Crippen LogP contribution in [-0.2, 0) is 16.1 Å². The standard InChI is InChI=1S/C16H21NO4/c1-3-10-21-11-4-5-15(18)17(2)12-13-6-8-14(9-7-13)16(19)20/h3,6-9H,1,4-5,10-12H2,2H3,(H,19,20). The van der Waals surface area contributed by atoms with Crippen molar-refractivity contribution in [2.75, 3.05) is 20.3 Å². The number of ether oxygens (including phenoxy) is 1. The van der Waals surface area contributed by atoms with E-state index in [4.69, 9.17) is 9.84 Å². The van der Waals surface area contributed by atoms with Gasteiger partial charge in [-0.1, -0.05) is 18.2 Å². The normalized spacial score (nSPS) is 10.1. The summed E-state index contributed by atoms with van der Waals surface area (Å²) in [7, 11) is 1.73. The zero-order valence-corrected chi connectivity index (χ0v) is 12.2. The van der Waals surface area contributed by atoms with Crippen LogP contribution in [0.2, 0.25) is 0 Å². The Bertz CT molecular complexity index is 482. The molecule has 1 N–H and O–H groups in total. The molecule has 0 aliphatic carbocycles. The van der Waals surface area contributed by atoms with Gasteiger partial charge in [0.05, 0.1) is 12.2 Å². The maximum absolute atomic E-state index is 11.9. The van der Waals surface area contributed by atoms with Gasteiger partial charge in [0.25, 0.3) is 0 Å². The summed E-state index contributed by atoms with van der Waals surface area (Å²) in [5.41, 5.74) is 1.14. The van der Waals surface area contributed by atoms with Crippen LogP contribution in [0.4, 0.5) is 0 Å². The maximum atomic E-state index is 11.9. The van der Waals surface area contributed by atoms with Gasteiger partial charge in [-0.05, 0) is 24.1 Å². The number of carbonyl (C=O) groups is 2. The molecule has 5 heteroatoms. The molecule has 114 valence electrons. The average Bonchev–Trinajstić information content (AvgIpc) is 2.47. The van der Waals surface area contributed by atoms with Gasteiger partial charge in [0, 0.05) is 26.6 Å². The number of amides is 1. The fraction of sp³-hybridized carbons (Fsp3) is 0.375. The molecule has 1 aromatic rings. The van der Waals surface area contributed by atoms with E-state index in [1.165, 1.54) is 0 Å². The molecule has 0 heterocycles. The Kier molecular flexibility index (Phi) is 7.18. The molecule has 1 amide bonds. The summed E-state index contributed by atoms with van der Waals surface area (Å²) in [6.45, 7) is 5.05. The number of carboxylic acid groups (broad SMARTS) is 1. The van der Waals surface area contributed by atoms with Gasteiger partial charge in [-0.3, -0.25) is 4.79 Å². The summed E-state index contributed by atoms with van der Waals surface area (Å²) >= 11 is 0. The van der Waals surface area contributed by atoms with Crippen LogP contribution in [0.1, 0.15) is 28.8 Å². The zero-order chi connectivity index (χ0) is 15.7. The average molecular weight is 291 g/mol. The van der Waals surface area contributed by atoms with Crippen LogP contribution in [0.3, 0.4) is 0 Å². The Morgan fingerprint density at radius 2 is 2.00 bits per heavy atom. The molecule has 5 nitrogen and oxygen atoms in total. The van der Waals surface area contributed by atoms with Gasteiger partial charge in [0.2, 0.25) is 5.91 Å². The minimum Gasteiger partial charge on any atom is -0.478 e. The molecule has 0 aromatic heterocycles. The fourth-order valence-corrected chi connectivity index (χ4v) is 1.80. The Balaban J connectivity index is 2.37. The van der Waals surface area contributed by atoms with Gasteiger partial charge in [-0.25, -0.2) is 4.79 Å². The van der Waals surface area contributed by atoms with Crippen molar-refractivity contribution in [2.45, 2.75) is 19.4 Å². The summed E-state index contributed by atoms with van der Waals surface area (Å²) in [4.78, 5) is 24.3. The smallest absolute Gasteiger partial charge is 0.335 e. The molecular formula is C16H21NO4. The Labute approximate surface area is 124 Å². The minimum atomic E-state index is -0.953. The van der Waals surface area contributed by atoms with Gasteiger partial charge >= 0.3 is 5.97 Å². The summed E-state index contributed by atoms with van der Waals surface area (Å²) in [5, 5.41) is 8.82. The van der Waals surface area contributed by atoms with Crippen LogP contribution >= 0.6 is 0 Å². The lowest BCUT2D eigenvalue weighted by Crippen LogP contribution is -2.26. The second-order valence-electron chi connectivity index (χ2n) is 4.72. The van der Waals surface area contributed by atoms with E-state index in [-0.39, 0.29) is 11.5 Å². The Hall–Kier alpha value is -2.14. The first-order valence-electron chi connectivity index (χ1n) is 6.79. The maximum Gasteiger partial charge on any atom is 0.335 e. The van der Waals surface area contributed by atoms with Gasteiger partial charge in [0.15, 0.2) is 0 Å². The van der Waals surface area contributed by atoms with Gasteiger partial charge in [0.1, 0.15) is 0 Å². The predicted molar refractivity (Wildman–Crippen MR) is 80.1 cm³/mol. The lowest BCUT2D eigenvalue weighted by Gasteiger charge is -2.17. The molecule has 0 unspecified atom stereocenters. The van der Waals surface area contributed by atoms with Crippen molar-refractivity contribution in [2.24, 2.45) is 0 Å². The molecule has 0 bridgehead atoms. The molecule has 21 heavy (non-hydrogen) atoms. The first kappa shape index (κ1) is 16.9. The van der Waals surface area contributed by atoms with E-state index >= 15 is 0 Å². The summed E-state index contributed by atoms with van der Waals surface area (Å²) in [6, 6.07) is 6.53. The molecule has 0 saturated carbocycles. The van der Waals surface area contributed by atoms with Crippen molar-refractivity contribution in [3.63, 3.8) is 0 Å². The fourth-order valence-electron chi connectivity index (χ4n) is 1.80. The number of carbonyl (C=O) groups excluding carboxylic acids is 1. The van der Waals surface area contributed by atoms with Crippen LogP contribution in [0.25, 0.3) is 0 Å². The van der Waals surface area contributed by atoms with E-state index in [2.05, 4.69) is 6.58 Å². The molecule has 0 atom stereocenters. The Morgan fingerprint density at radius 1 is 1.33 bits per heavy atom. The highest BCUT2D eigenvalue weighted by atomic mass is 16.5. The van der Waals surface area contributed by atoms with Crippen LogP contribution in [0.5, 0.6) is 0 Å². The SMILES string of the molecule is C=CCOCCCC(=O)N(C)Cc1ccc(C(=O)O)cc1. The molecule has 0 spiro atoms. The van der Waals surface area contributed by atoms with Crippen LogP contribution in [0, 0.1) is 0 Å². The van der Waals surface area contributed by atoms with Crippen molar-refractivity contribution in [3.05, 3.63) is 48.0 Å². The van der Waals surface area contributed by atoms with Crippen molar-refractivity contribution >= 4 is 11.9 Å². The summed E-state index contributed by atoms with van der Waals surface area (Å²) in [6.07, 6.45) is 2.78. The van der Waals surface area contributed by atoms with E-state index in [9.17, 15) is 9.59 Å². The molecule has 1 aromatic carbocycles. The number of carboxylic acids is 1. The highest BCUT2D eigenvalue weighted by Crippen LogP contribution is 2.08. The molecule has 0 aliphatic heterocycles. The third-order valence-corrected chi connectivity index (χ3v) is 2.96. The zero-order valence-electron chi connectivity index (χ0n) is 12.2. The molecule has 1 rings (SSSR count). The molecule has 0 aliphatic rings. The number of benzene rings is 1. The minimum absolute atomic E-state index is 0.0412. The molecule has 0 saturated heterocycles. The number of hydrogen-bond acceptors (Lipinski definition) is 3. The van der Waals surface area contributed by atoms with E-state index in [1.54, 1.807) is 42.3 Å². The van der Waals surface area contributed by atoms with E-state index in [0.29, 0.717) is 32.6 Å². The van der Waals surface area contributed by atoms with Crippen LogP contribution in [0.15, 0.2) is 36.9 Å². The summed E-state index contributed by atoms with van der Waals surface area (Å²) in [5.74, 6) is -0.912. The molecule has 0 fully saturated rings. The summed E-state index contributed by atoms with van der Waals surface area (Å²) < 4.78 is 5.22. The predicted octanol–water partition coefficient (Wildman–Crippen LogP) is 2.33. The molecular weight excluding hydrogens is 270 g/mol. The third-order valence-electron chi connectivity index (χ3n) is 2.96. The second-order valence-corrected chi connectivity index (χ2v) is 4.72. The van der Waals surface area contributed by atoms with Gasteiger partial charge < -0.3 is 14.7 Å². The Morgan fingerprint density at radius 3 is 2.57 bits per heavy atom. The number of nitrogens with zero attached hydrogens (tertiary/aromatic N) is 1. The van der Waals surface area contributed by atoms with Crippen LogP contribution < -0.4 is 0 Å². The van der Waals surface area contributed by atoms with Crippen LogP contribution in [-0.4, -0.2) is 42.1 Å². The number of rotatable bonds is 9. The van der Waals surface area contributed by atoms with Crippen molar-refractivity contribution in [1.29, 1.82) is 0 Å². The molecule has 0 radical (unpaired) electrons. The third kappa shape index (κ3) is 6.23. The van der Waals surface area contributed by atoms with E-state index in [0.717, 1.165) is 5.56 Å². The van der Waals surface area contributed by atoms with Crippen molar-refractivity contribution in [1.82, 2.24) is 4.90 Å². The second kappa shape index (κ2) is 8.92. The monoisotopic (exact) mass is 291 g/mol. The quantitative estimate of drug-likeness (QED) is 0.560. The first-order valence-corrected chi connectivity index (χ1v) is 6.79. The lowest BCUT2D eigenvalue weighted by atomic mass is 10.1. The topological polar surface area (TPSA) is 66.8 Å². The van der Waals surface area contributed by atoms with Gasteiger partial charge in [-0.2, -0.15) is 0 Å². The number of aromatic carboxylic acids is 1. The highest BCUT2D eigenvalue weighted by Gasteiger charge is 2.09. The number of hydrogen-bond donors (Lipinski definition) is 1.